The van der Waals surface area contributed by atoms with Gasteiger partial charge in [0.1, 0.15) is 0 Å². The van der Waals surface area contributed by atoms with E-state index in [-0.39, 0.29) is 5.91 Å². The standard InChI is InChI=1S/C11H22N2O2/c1-3-15-9-10-5-4-6-13(8-10)11(14)7-12-2/h10,12H,3-9H2,1-2H3/t10-/m0/s1. The lowest BCUT2D eigenvalue weighted by Gasteiger charge is -2.32. The number of rotatable bonds is 5. The van der Waals surface area contributed by atoms with Gasteiger partial charge in [-0.3, -0.25) is 4.79 Å². The van der Waals surface area contributed by atoms with E-state index in [1.165, 1.54) is 6.42 Å². The Hall–Kier alpha value is -0.610. The lowest BCUT2D eigenvalue weighted by molar-refractivity contribution is -0.132. The molecular weight excluding hydrogens is 192 g/mol. The van der Waals surface area contributed by atoms with Gasteiger partial charge in [0, 0.05) is 19.7 Å². The second-order valence-electron chi connectivity index (χ2n) is 4.04. The van der Waals surface area contributed by atoms with Gasteiger partial charge in [-0.1, -0.05) is 0 Å². The number of nitrogens with zero attached hydrogens (tertiary/aromatic N) is 1. The normalized spacial score (nSPS) is 21.7. The summed E-state index contributed by atoms with van der Waals surface area (Å²) in [5.74, 6) is 0.734. The van der Waals surface area contributed by atoms with Crippen LogP contribution in [0.5, 0.6) is 0 Å². The van der Waals surface area contributed by atoms with Crippen molar-refractivity contribution in [3.63, 3.8) is 0 Å². The molecule has 0 bridgehead atoms. The number of likely N-dealkylation sites (tertiary alicyclic amines) is 1. The monoisotopic (exact) mass is 214 g/mol. The largest absolute Gasteiger partial charge is 0.381 e. The molecular formula is C11H22N2O2. The smallest absolute Gasteiger partial charge is 0.236 e. The van der Waals surface area contributed by atoms with Gasteiger partial charge in [-0.15, -0.1) is 0 Å². The summed E-state index contributed by atoms with van der Waals surface area (Å²) in [5.41, 5.74) is 0. The van der Waals surface area contributed by atoms with Crippen LogP contribution in [0.1, 0.15) is 19.8 Å². The summed E-state index contributed by atoms with van der Waals surface area (Å²) in [6, 6.07) is 0. The minimum absolute atomic E-state index is 0.207. The molecule has 1 aliphatic rings. The first-order valence-corrected chi connectivity index (χ1v) is 5.78. The zero-order chi connectivity index (χ0) is 11.1. The molecule has 1 aliphatic heterocycles. The van der Waals surface area contributed by atoms with Gasteiger partial charge < -0.3 is 15.0 Å². The number of likely N-dealkylation sites (N-methyl/N-ethyl adjacent to an activating group) is 1. The maximum Gasteiger partial charge on any atom is 0.236 e. The van der Waals surface area contributed by atoms with Crippen molar-refractivity contribution < 1.29 is 9.53 Å². The SMILES string of the molecule is CCOC[C@H]1CCCN(C(=O)CNC)C1. The van der Waals surface area contributed by atoms with Gasteiger partial charge in [-0.25, -0.2) is 0 Å². The van der Waals surface area contributed by atoms with E-state index in [0.717, 1.165) is 32.7 Å². The van der Waals surface area contributed by atoms with Crippen LogP contribution in [0.4, 0.5) is 0 Å². The summed E-state index contributed by atoms with van der Waals surface area (Å²) >= 11 is 0. The van der Waals surface area contributed by atoms with Gasteiger partial charge in [-0.05, 0) is 32.7 Å². The third kappa shape index (κ3) is 4.18. The number of hydrogen-bond acceptors (Lipinski definition) is 3. The fourth-order valence-electron chi connectivity index (χ4n) is 1.98. The van der Waals surface area contributed by atoms with Crippen LogP contribution in [-0.4, -0.2) is 50.7 Å². The van der Waals surface area contributed by atoms with Gasteiger partial charge in [-0.2, -0.15) is 0 Å². The highest BCUT2D eigenvalue weighted by Gasteiger charge is 2.22. The Morgan fingerprint density at radius 1 is 1.60 bits per heavy atom. The zero-order valence-corrected chi connectivity index (χ0v) is 9.79. The summed E-state index contributed by atoms with van der Waals surface area (Å²) in [6.45, 7) is 5.78. The average molecular weight is 214 g/mol. The van der Waals surface area contributed by atoms with E-state index in [1.54, 1.807) is 7.05 Å². The van der Waals surface area contributed by atoms with Crippen molar-refractivity contribution in [2.24, 2.45) is 5.92 Å². The lowest BCUT2D eigenvalue weighted by Crippen LogP contribution is -2.44. The number of hydrogen-bond donors (Lipinski definition) is 1. The molecule has 0 aliphatic carbocycles. The molecule has 1 amide bonds. The van der Waals surface area contributed by atoms with E-state index in [4.69, 9.17) is 4.74 Å². The van der Waals surface area contributed by atoms with Crippen molar-refractivity contribution >= 4 is 5.91 Å². The van der Waals surface area contributed by atoms with Gasteiger partial charge in [0.25, 0.3) is 0 Å². The molecule has 4 nitrogen and oxygen atoms in total. The molecule has 0 aromatic carbocycles. The molecule has 0 aromatic heterocycles. The van der Waals surface area contributed by atoms with E-state index in [0.29, 0.717) is 12.5 Å². The highest BCUT2D eigenvalue weighted by molar-refractivity contribution is 5.78. The van der Waals surface area contributed by atoms with Crippen LogP contribution in [0.3, 0.4) is 0 Å². The number of ether oxygens (including phenoxy) is 1. The fourth-order valence-corrected chi connectivity index (χ4v) is 1.98. The first kappa shape index (κ1) is 12.5. The molecule has 1 fully saturated rings. The van der Waals surface area contributed by atoms with E-state index in [2.05, 4.69) is 5.32 Å². The molecule has 1 atom stereocenters. The Morgan fingerprint density at radius 2 is 2.40 bits per heavy atom. The molecule has 1 saturated heterocycles. The maximum absolute atomic E-state index is 11.6. The molecule has 0 aromatic rings. The first-order valence-electron chi connectivity index (χ1n) is 5.78. The minimum atomic E-state index is 0.207. The maximum atomic E-state index is 11.6. The van der Waals surface area contributed by atoms with Crippen molar-refractivity contribution in [3.05, 3.63) is 0 Å². The highest BCUT2D eigenvalue weighted by Crippen LogP contribution is 2.16. The Balaban J connectivity index is 2.31. The first-order chi connectivity index (χ1) is 7.27. The van der Waals surface area contributed by atoms with Gasteiger partial charge >= 0.3 is 0 Å². The molecule has 1 heterocycles. The van der Waals surface area contributed by atoms with Crippen LogP contribution in [0.25, 0.3) is 0 Å². The fraction of sp³-hybridized carbons (Fsp3) is 0.909. The molecule has 88 valence electrons. The van der Waals surface area contributed by atoms with Crippen molar-refractivity contribution in [3.8, 4) is 0 Å². The van der Waals surface area contributed by atoms with Crippen molar-refractivity contribution in [2.75, 3.05) is 39.9 Å². The Labute approximate surface area is 92.0 Å². The predicted octanol–water partition coefficient (Wildman–Crippen LogP) is 0.481. The van der Waals surface area contributed by atoms with E-state index in [1.807, 2.05) is 11.8 Å². The lowest BCUT2D eigenvalue weighted by atomic mass is 9.99. The Bertz CT molecular complexity index is 197. The molecule has 15 heavy (non-hydrogen) atoms. The minimum Gasteiger partial charge on any atom is -0.381 e. The number of carbonyl (C=O) groups is 1. The van der Waals surface area contributed by atoms with Crippen LogP contribution >= 0.6 is 0 Å². The van der Waals surface area contributed by atoms with Crippen molar-refractivity contribution in [2.45, 2.75) is 19.8 Å². The van der Waals surface area contributed by atoms with Gasteiger partial charge in [0.2, 0.25) is 5.91 Å². The quantitative estimate of drug-likeness (QED) is 0.724. The van der Waals surface area contributed by atoms with Crippen LogP contribution in [0.15, 0.2) is 0 Å². The molecule has 0 unspecified atom stereocenters. The Morgan fingerprint density at radius 3 is 3.07 bits per heavy atom. The second kappa shape index (κ2) is 6.80. The van der Waals surface area contributed by atoms with E-state index < -0.39 is 0 Å². The highest BCUT2D eigenvalue weighted by atomic mass is 16.5. The van der Waals surface area contributed by atoms with Gasteiger partial charge in [0.15, 0.2) is 0 Å². The summed E-state index contributed by atoms with van der Waals surface area (Å²) < 4.78 is 5.41. The summed E-state index contributed by atoms with van der Waals surface area (Å²) in [5, 5.41) is 2.90. The molecule has 4 heteroatoms. The van der Waals surface area contributed by atoms with Crippen molar-refractivity contribution in [1.82, 2.24) is 10.2 Å². The number of amides is 1. The third-order valence-corrected chi connectivity index (χ3v) is 2.76. The summed E-state index contributed by atoms with van der Waals surface area (Å²) in [7, 11) is 1.81. The van der Waals surface area contributed by atoms with E-state index in [9.17, 15) is 4.79 Å². The number of carbonyl (C=O) groups excluding carboxylic acids is 1. The van der Waals surface area contributed by atoms with E-state index >= 15 is 0 Å². The molecule has 0 saturated carbocycles. The number of nitrogens with one attached hydrogen (secondary N) is 1. The third-order valence-electron chi connectivity index (χ3n) is 2.76. The zero-order valence-electron chi connectivity index (χ0n) is 9.79. The van der Waals surface area contributed by atoms with Crippen LogP contribution in [0, 0.1) is 5.92 Å². The molecule has 1 N–H and O–H groups in total. The molecule has 0 radical (unpaired) electrons. The summed E-state index contributed by atoms with van der Waals surface area (Å²) in [4.78, 5) is 13.6. The van der Waals surface area contributed by atoms with Crippen molar-refractivity contribution in [1.29, 1.82) is 0 Å². The molecule has 1 rings (SSSR count). The topological polar surface area (TPSA) is 41.6 Å². The average Bonchev–Trinajstić information content (AvgIpc) is 2.27. The predicted molar refractivity (Wildman–Crippen MR) is 59.7 cm³/mol. The van der Waals surface area contributed by atoms with Crippen LogP contribution in [-0.2, 0) is 9.53 Å². The van der Waals surface area contributed by atoms with Crippen LogP contribution in [0.2, 0.25) is 0 Å². The molecule has 0 spiro atoms. The summed E-state index contributed by atoms with van der Waals surface area (Å²) in [6.07, 6.45) is 2.29. The Kier molecular flexibility index (Phi) is 5.65. The van der Waals surface area contributed by atoms with Gasteiger partial charge in [0.05, 0.1) is 13.2 Å². The van der Waals surface area contributed by atoms with Crippen LogP contribution < -0.4 is 5.32 Å². The second-order valence-corrected chi connectivity index (χ2v) is 4.04. The number of piperidine rings is 1.